The zero-order valence-corrected chi connectivity index (χ0v) is 12.1. The molecular formula is C14H18ClF3N2. The van der Waals surface area contributed by atoms with Gasteiger partial charge in [-0.05, 0) is 37.0 Å². The number of pyridine rings is 1. The van der Waals surface area contributed by atoms with E-state index in [1.807, 2.05) is 24.0 Å². The summed E-state index contributed by atoms with van der Waals surface area (Å²) in [5.41, 5.74) is 1.89. The fraction of sp³-hybridized carbons (Fsp3) is 0.643. The molecule has 0 aromatic carbocycles. The van der Waals surface area contributed by atoms with Gasteiger partial charge in [-0.1, -0.05) is 6.92 Å². The summed E-state index contributed by atoms with van der Waals surface area (Å²) in [6, 6.07) is 3.82. The third-order valence-corrected chi connectivity index (χ3v) is 4.03. The fourth-order valence-corrected chi connectivity index (χ4v) is 2.64. The molecule has 1 aromatic heterocycles. The molecular weight excluding hydrogens is 289 g/mol. The summed E-state index contributed by atoms with van der Waals surface area (Å²) in [6.07, 6.45) is -3.02. The molecule has 0 radical (unpaired) electrons. The van der Waals surface area contributed by atoms with Crippen molar-refractivity contribution in [2.75, 3.05) is 18.0 Å². The summed E-state index contributed by atoms with van der Waals surface area (Å²) in [5.74, 6) is -0.0390. The average molecular weight is 307 g/mol. The third kappa shape index (κ3) is 3.57. The minimum Gasteiger partial charge on any atom is -0.357 e. The van der Waals surface area contributed by atoms with Gasteiger partial charge in [0.2, 0.25) is 0 Å². The van der Waals surface area contributed by atoms with Crippen LogP contribution in [-0.2, 0) is 12.3 Å². The van der Waals surface area contributed by atoms with E-state index < -0.39 is 12.1 Å². The molecule has 0 atom stereocenters. The van der Waals surface area contributed by atoms with Crippen LogP contribution in [0.5, 0.6) is 0 Å². The van der Waals surface area contributed by atoms with Crippen LogP contribution in [0.3, 0.4) is 0 Å². The third-order valence-electron chi connectivity index (χ3n) is 3.72. The zero-order chi connectivity index (χ0) is 14.8. The van der Waals surface area contributed by atoms with Gasteiger partial charge in [-0.15, -0.1) is 11.6 Å². The van der Waals surface area contributed by atoms with Crippen LogP contribution in [-0.4, -0.2) is 24.2 Å². The number of anilines is 1. The van der Waals surface area contributed by atoms with E-state index in [4.69, 9.17) is 11.6 Å². The standard InChI is InChI=1S/C14H18ClF3N2/c1-2-12-7-10(9-15)8-13(19-12)20-5-3-11(4-6-20)14(16,17)18/h7-8,11H,2-6,9H2,1H3. The maximum Gasteiger partial charge on any atom is 0.391 e. The summed E-state index contributed by atoms with van der Waals surface area (Å²) in [5, 5.41) is 0. The second-order valence-corrected chi connectivity index (χ2v) is 5.38. The Labute approximate surface area is 121 Å². The molecule has 0 aliphatic carbocycles. The molecule has 20 heavy (non-hydrogen) atoms. The molecule has 1 aliphatic heterocycles. The van der Waals surface area contributed by atoms with Gasteiger partial charge in [-0.2, -0.15) is 13.2 Å². The lowest BCUT2D eigenvalue weighted by Gasteiger charge is -2.34. The molecule has 1 aromatic rings. The molecule has 0 amide bonds. The van der Waals surface area contributed by atoms with Crippen LogP contribution in [0.15, 0.2) is 12.1 Å². The summed E-state index contributed by atoms with van der Waals surface area (Å²) in [6.45, 7) is 2.79. The number of nitrogens with zero attached hydrogens (tertiary/aromatic N) is 2. The number of alkyl halides is 4. The van der Waals surface area contributed by atoms with Crippen molar-refractivity contribution >= 4 is 17.4 Å². The molecule has 6 heteroatoms. The van der Waals surface area contributed by atoms with Gasteiger partial charge in [0.1, 0.15) is 5.82 Å². The van der Waals surface area contributed by atoms with Crippen molar-refractivity contribution < 1.29 is 13.2 Å². The van der Waals surface area contributed by atoms with Crippen molar-refractivity contribution in [1.82, 2.24) is 4.98 Å². The Morgan fingerprint density at radius 2 is 1.95 bits per heavy atom. The van der Waals surface area contributed by atoms with Crippen LogP contribution in [0.2, 0.25) is 0 Å². The number of halogens is 4. The smallest absolute Gasteiger partial charge is 0.357 e. The van der Waals surface area contributed by atoms with Crippen molar-refractivity contribution in [2.45, 2.75) is 38.2 Å². The van der Waals surface area contributed by atoms with Gasteiger partial charge in [0.15, 0.2) is 0 Å². The van der Waals surface area contributed by atoms with E-state index in [-0.39, 0.29) is 12.8 Å². The van der Waals surface area contributed by atoms with Gasteiger partial charge in [-0.25, -0.2) is 4.98 Å². The molecule has 1 aliphatic rings. The number of rotatable bonds is 3. The first-order chi connectivity index (χ1) is 9.44. The van der Waals surface area contributed by atoms with Crippen molar-refractivity contribution in [3.63, 3.8) is 0 Å². The Hall–Kier alpha value is -0.970. The predicted octanol–water partition coefficient (Wildman–Crippen LogP) is 4.16. The highest BCUT2D eigenvalue weighted by Gasteiger charge is 2.41. The number of hydrogen-bond donors (Lipinski definition) is 0. The quantitative estimate of drug-likeness (QED) is 0.780. The van der Waals surface area contributed by atoms with Crippen LogP contribution in [0.4, 0.5) is 19.0 Å². The van der Waals surface area contributed by atoms with Gasteiger partial charge < -0.3 is 4.90 Å². The Kier molecular flexibility index (Phi) is 4.78. The lowest BCUT2D eigenvalue weighted by molar-refractivity contribution is -0.179. The molecule has 0 bridgehead atoms. The highest BCUT2D eigenvalue weighted by molar-refractivity contribution is 6.17. The maximum absolute atomic E-state index is 12.7. The van der Waals surface area contributed by atoms with Crippen molar-refractivity contribution in [3.8, 4) is 0 Å². The molecule has 0 unspecified atom stereocenters. The topological polar surface area (TPSA) is 16.1 Å². The summed E-state index contributed by atoms with van der Waals surface area (Å²) in [4.78, 5) is 6.42. The Morgan fingerprint density at radius 1 is 1.30 bits per heavy atom. The van der Waals surface area contributed by atoms with Gasteiger partial charge in [-0.3, -0.25) is 0 Å². The predicted molar refractivity (Wildman–Crippen MR) is 74.2 cm³/mol. The Morgan fingerprint density at radius 3 is 2.45 bits per heavy atom. The second kappa shape index (κ2) is 6.20. The van der Waals surface area contributed by atoms with Crippen LogP contribution in [0.25, 0.3) is 0 Å². The molecule has 1 saturated heterocycles. The molecule has 2 nitrogen and oxygen atoms in total. The van der Waals surface area contributed by atoms with E-state index in [0.717, 1.165) is 23.5 Å². The monoisotopic (exact) mass is 306 g/mol. The van der Waals surface area contributed by atoms with E-state index in [9.17, 15) is 13.2 Å². The average Bonchev–Trinajstić information content (AvgIpc) is 2.46. The van der Waals surface area contributed by atoms with E-state index in [1.54, 1.807) is 0 Å². The van der Waals surface area contributed by atoms with E-state index in [1.165, 1.54) is 0 Å². The van der Waals surface area contributed by atoms with E-state index in [0.29, 0.717) is 19.0 Å². The first kappa shape index (κ1) is 15.4. The van der Waals surface area contributed by atoms with Gasteiger partial charge >= 0.3 is 6.18 Å². The molecule has 0 spiro atoms. The van der Waals surface area contributed by atoms with E-state index >= 15 is 0 Å². The first-order valence-corrected chi connectivity index (χ1v) is 7.35. The number of piperidine rings is 1. The largest absolute Gasteiger partial charge is 0.391 e. The van der Waals surface area contributed by atoms with Crippen molar-refractivity contribution in [2.24, 2.45) is 5.92 Å². The van der Waals surface area contributed by atoms with Crippen LogP contribution in [0.1, 0.15) is 31.0 Å². The summed E-state index contributed by atoms with van der Waals surface area (Å²) in [7, 11) is 0. The lowest BCUT2D eigenvalue weighted by Crippen LogP contribution is -2.39. The molecule has 0 N–H and O–H groups in total. The van der Waals surface area contributed by atoms with Crippen molar-refractivity contribution in [1.29, 1.82) is 0 Å². The van der Waals surface area contributed by atoms with Gasteiger partial charge in [0.05, 0.1) is 5.92 Å². The van der Waals surface area contributed by atoms with Crippen LogP contribution in [0, 0.1) is 5.92 Å². The number of aromatic nitrogens is 1. The van der Waals surface area contributed by atoms with Gasteiger partial charge in [0.25, 0.3) is 0 Å². The highest BCUT2D eigenvalue weighted by atomic mass is 35.5. The normalized spacial score (nSPS) is 17.6. The van der Waals surface area contributed by atoms with Crippen LogP contribution < -0.4 is 4.90 Å². The Bertz CT molecular complexity index is 432. The molecule has 112 valence electrons. The molecule has 1 fully saturated rings. The number of hydrogen-bond acceptors (Lipinski definition) is 2. The zero-order valence-electron chi connectivity index (χ0n) is 11.4. The van der Waals surface area contributed by atoms with Gasteiger partial charge in [0, 0.05) is 24.7 Å². The first-order valence-electron chi connectivity index (χ1n) is 6.81. The lowest BCUT2D eigenvalue weighted by atomic mass is 9.96. The minimum absolute atomic E-state index is 0.137. The van der Waals surface area contributed by atoms with E-state index in [2.05, 4.69) is 4.98 Å². The SMILES string of the molecule is CCc1cc(CCl)cc(N2CCC(C(F)(F)F)CC2)n1. The summed E-state index contributed by atoms with van der Waals surface area (Å²) >= 11 is 5.85. The second-order valence-electron chi connectivity index (χ2n) is 5.12. The van der Waals surface area contributed by atoms with Crippen LogP contribution >= 0.6 is 11.6 Å². The Balaban J connectivity index is 2.10. The molecule has 0 saturated carbocycles. The highest BCUT2D eigenvalue weighted by Crippen LogP contribution is 2.35. The molecule has 2 rings (SSSR count). The molecule has 2 heterocycles. The fourth-order valence-electron chi connectivity index (χ4n) is 2.49. The maximum atomic E-state index is 12.7. The minimum atomic E-state index is -4.08. The summed E-state index contributed by atoms with van der Waals surface area (Å²) < 4.78 is 38.0. The van der Waals surface area contributed by atoms with Crippen molar-refractivity contribution in [3.05, 3.63) is 23.4 Å². The number of aryl methyl sites for hydroxylation is 1.